The predicted octanol–water partition coefficient (Wildman–Crippen LogP) is 3.54. The summed E-state index contributed by atoms with van der Waals surface area (Å²) in [5, 5.41) is 0. The number of aryl methyl sites for hydroxylation is 2. The van der Waals surface area contributed by atoms with Gasteiger partial charge in [-0.25, -0.2) is 0 Å². The molecule has 1 atom stereocenters. The molecule has 2 aromatic carbocycles. The van der Waals surface area contributed by atoms with E-state index < -0.39 is 0 Å². The lowest BCUT2D eigenvalue weighted by Gasteiger charge is -2.31. The van der Waals surface area contributed by atoms with E-state index in [1.165, 1.54) is 0 Å². The summed E-state index contributed by atoms with van der Waals surface area (Å²) in [6.45, 7) is 5.53. The van der Waals surface area contributed by atoms with Crippen LogP contribution in [-0.2, 0) is 0 Å². The normalized spacial score (nSPS) is 17.4. The SMILES string of the molecule is COc1cc(C)c(-c2cccc(C(=O)N3CCC[C@H](N)C3)c2)cc1C. The Bertz CT molecular complexity index is 785. The van der Waals surface area contributed by atoms with E-state index in [0.717, 1.165) is 53.0 Å². The van der Waals surface area contributed by atoms with Crippen molar-refractivity contribution in [1.82, 2.24) is 4.90 Å². The van der Waals surface area contributed by atoms with Gasteiger partial charge in [-0.2, -0.15) is 0 Å². The van der Waals surface area contributed by atoms with Crippen molar-refractivity contribution in [3.05, 3.63) is 53.1 Å². The lowest BCUT2D eigenvalue weighted by atomic mass is 9.96. The molecule has 1 saturated heterocycles. The monoisotopic (exact) mass is 338 g/mol. The average Bonchev–Trinajstić information content (AvgIpc) is 2.62. The maximum absolute atomic E-state index is 12.8. The van der Waals surface area contributed by atoms with Gasteiger partial charge in [0.05, 0.1) is 7.11 Å². The molecule has 4 nitrogen and oxygen atoms in total. The number of carbonyl (C=O) groups is 1. The number of benzene rings is 2. The first-order chi connectivity index (χ1) is 12.0. The molecule has 1 aliphatic rings. The van der Waals surface area contributed by atoms with E-state index in [1.807, 2.05) is 42.2 Å². The summed E-state index contributed by atoms with van der Waals surface area (Å²) in [5.74, 6) is 0.954. The minimum atomic E-state index is 0.0693. The van der Waals surface area contributed by atoms with Crippen LogP contribution in [0.3, 0.4) is 0 Å². The van der Waals surface area contributed by atoms with Crippen LogP contribution in [0.1, 0.15) is 34.3 Å². The first-order valence-electron chi connectivity index (χ1n) is 8.80. The molecule has 1 heterocycles. The number of amides is 1. The molecule has 25 heavy (non-hydrogen) atoms. The molecule has 0 aromatic heterocycles. The number of nitrogens with zero attached hydrogens (tertiary/aromatic N) is 1. The Morgan fingerprint density at radius 2 is 2.00 bits per heavy atom. The highest BCUT2D eigenvalue weighted by atomic mass is 16.5. The molecule has 0 spiro atoms. The van der Waals surface area contributed by atoms with Gasteiger partial charge in [-0.05, 0) is 73.2 Å². The zero-order valence-corrected chi connectivity index (χ0v) is 15.2. The smallest absolute Gasteiger partial charge is 0.253 e. The molecule has 132 valence electrons. The van der Waals surface area contributed by atoms with Crippen molar-refractivity contribution < 1.29 is 9.53 Å². The van der Waals surface area contributed by atoms with Crippen LogP contribution in [-0.4, -0.2) is 37.0 Å². The van der Waals surface area contributed by atoms with Gasteiger partial charge in [0, 0.05) is 24.7 Å². The zero-order valence-electron chi connectivity index (χ0n) is 15.2. The van der Waals surface area contributed by atoms with Gasteiger partial charge >= 0.3 is 0 Å². The summed E-state index contributed by atoms with van der Waals surface area (Å²) < 4.78 is 5.40. The molecule has 0 unspecified atom stereocenters. The average molecular weight is 338 g/mol. The number of hydrogen-bond donors (Lipinski definition) is 1. The standard InChI is InChI=1S/C21H26N2O2/c1-14-11-20(25-3)15(2)10-19(14)16-6-4-7-17(12-16)21(24)23-9-5-8-18(22)13-23/h4,6-7,10-12,18H,5,8-9,13,22H2,1-3H3/t18-/m0/s1. The predicted molar refractivity (Wildman–Crippen MR) is 101 cm³/mol. The van der Waals surface area contributed by atoms with E-state index in [2.05, 4.69) is 13.0 Å². The van der Waals surface area contributed by atoms with Gasteiger partial charge < -0.3 is 15.4 Å². The molecule has 2 N–H and O–H groups in total. The molecule has 0 aliphatic carbocycles. The molecule has 0 saturated carbocycles. The molecule has 0 bridgehead atoms. The zero-order chi connectivity index (χ0) is 18.0. The summed E-state index contributed by atoms with van der Waals surface area (Å²) in [6, 6.07) is 12.1. The van der Waals surface area contributed by atoms with Gasteiger partial charge in [0.25, 0.3) is 5.91 Å². The quantitative estimate of drug-likeness (QED) is 0.931. The van der Waals surface area contributed by atoms with Crippen molar-refractivity contribution in [2.24, 2.45) is 5.73 Å². The topological polar surface area (TPSA) is 55.6 Å². The molecule has 1 fully saturated rings. The highest BCUT2D eigenvalue weighted by Gasteiger charge is 2.22. The first-order valence-corrected chi connectivity index (χ1v) is 8.80. The minimum Gasteiger partial charge on any atom is -0.496 e. The maximum atomic E-state index is 12.8. The van der Waals surface area contributed by atoms with E-state index in [1.54, 1.807) is 7.11 Å². The van der Waals surface area contributed by atoms with Crippen molar-refractivity contribution in [2.45, 2.75) is 32.7 Å². The molecule has 0 radical (unpaired) electrons. The van der Waals surface area contributed by atoms with Crippen LogP contribution in [0.15, 0.2) is 36.4 Å². The second-order valence-corrected chi connectivity index (χ2v) is 6.87. The van der Waals surface area contributed by atoms with Gasteiger partial charge in [-0.1, -0.05) is 12.1 Å². The summed E-state index contributed by atoms with van der Waals surface area (Å²) in [4.78, 5) is 14.7. The molecule has 2 aromatic rings. The maximum Gasteiger partial charge on any atom is 0.253 e. The molecule has 3 rings (SSSR count). The summed E-state index contributed by atoms with van der Waals surface area (Å²) in [7, 11) is 1.68. The number of carbonyl (C=O) groups excluding carboxylic acids is 1. The van der Waals surface area contributed by atoms with Crippen LogP contribution in [0.25, 0.3) is 11.1 Å². The molecule has 1 aliphatic heterocycles. The number of hydrogen-bond acceptors (Lipinski definition) is 3. The van der Waals surface area contributed by atoms with Gasteiger partial charge in [-0.3, -0.25) is 4.79 Å². The second kappa shape index (κ2) is 7.28. The van der Waals surface area contributed by atoms with E-state index in [-0.39, 0.29) is 11.9 Å². The van der Waals surface area contributed by atoms with Crippen molar-refractivity contribution in [3.63, 3.8) is 0 Å². The molecule has 1 amide bonds. The Hall–Kier alpha value is -2.33. The van der Waals surface area contributed by atoms with Crippen molar-refractivity contribution in [3.8, 4) is 16.9 Å². The lowest BCUT2D eigenvalue weighted by Crippen LogP contribution is -2.45. The van der Waals surface area contributed by atoms with Crippen LogP contribution in [0, 0.1) is 13.8 Å². The Labute approximate surface area is 149 Å². The van der Waals surface area contributed by atoms with Gasteiger partial charge in [0.2, 0.25) is 0 Å². The fraction of sp³-hybridized carbons (Fsp3) is 0.381. The third-order valence-corrected chi connectivity index (χ3v) is 4.91. The van der Waals surface area contributed by atoms with Crippen LogP contribution in [0.2, 0.25) is 0 Å². The Morgan fingerprint density at radius 1 is 1.20 bits per heavy atom. The largest absolute Gasteiger partial charge is 0.496 e. The van der Waals surface area contributed by atoms with Crippen molar-refractivity contribution >= 4 is 5.91 Å². The van der Waals surface area contributed by atoms with Gasteiger partial charge in [0.1, 0.15) is 5.75 Å². The molecular weight excluding hydrogens is 312 g/mol. The third kappa shape index (κ3) is 3.69. The fourth-order valence-electron chi connectivity index (χ4n) is 3.52. The fourth-order valence-corrected chi connectivity index (χ4v) is 3.52. The third-order valence-electron chi connectivity index (χ3n) is 4.91. The summed E-state index contributed by atoms with van der Waals surface area (Å²) in [5.41, 5.74) is 11.1. The number of likely N-dealkylation sites (tertiary alicyclic amines) is 1. The Balaban J connectivity index is 1.92. The van der Waals surface area contributed by atoms with Crippen LogP contribution in [0.5, 0.6) is 5.75 Å². The Kier molecular flexibility index (Phi) is 5.09. The molecule has 4 heteroatoms. The first kappa shape index (κ1) is 17.5. The van der Waals surface area contributed by atoms with Crippen LogP contribution < -0.4 is 10.5 Å². The van der Waals surface area contributed by atoms with Crippen molar-refractivity contribution in [1.29, 1.82) is 0 Å². The number of rotatable bonds is 3. The highest BCUT2D eigenvalue weighted by molar-refractivity contribution is 5.95. The summed E-state index contributed by atoms with van der Waals surface area (Å²) >= 11 is 0. The Morgan fingerprint density at radius 3 is 2.72 bits per heavy atom. The van der Waals surface area contributed by atoms with Crippen LogP contribution in [0.4, 0.5) is 0 Å². The second-order valence-electron chi connectivity index (χ2n) is 6.87. The molecular formula is C21H26N2O2. The van der Waals surface area contributed by atoms with Crippen molar-refractivity contribution in [2.75, 3.05) is 20.2 Å². The van der Waals surface area contributed by atoms with E-state index in [9.17, 15) is 4.79 Å². The minimum absolute atomic E-state index is 0.0693. The highest BCUT2D eigenvalue weighted by Crippen LogP contribution is 2.30. The summed E-state index contributed by atoms with van der Waals surface area (Å²) in [6.07, 6.45) is 1.97. The van der Waals surface area contributed by atoms with Crippen LogP contribution >= 0.6 is 0 Å². The van der Waals surface area contributed by atoms with E-state index >= 15 is 0 Å². The number of nitrogens with two attached hydrogens (primary N) is 1. The number of piperidine rings is 1. The van der Waals surface area contributed by atoms with E-state index in [4.69, 9.17) is 10.5 Å². The number of methoxy groups -OCH3 is 1. The lowest BCUT2D eigenvalue weighted by molar-refractivity contribution is 0.0709. The van der Waals surface area contributed by atoms with Gasteiger partial charge in [0.15, 0.2) is 0 Å². The number of ether oxygens (including phenoxy) is 1. The van der Waals surface area contributed by atoms with Gasteiger partial charge in [-0.15, -0.1) is 0 Å². The van der Waals surface area contributed by atoms with E-state index in [0.29, 0.717) is 6.54 Å².